The lowest BCUT2D eigenvalue weighted by atomic mass is 9.96. The maximum atomic E-state index is 13.5. The SMILES string of the molecule is CCCCCCC/C=C\C/C=C\CCCCCCCCCCCCCCCCCCCC(=O)NC(COC1OC(CO)C(OC2OC(CO)C(OC3OC(CO)C(O)C(O)C3O)C(O)C2O)C(O)C1O)C(O)/C=C/CCCCCCCCCCCCCCCCCCCCCCCCCCCCC. The molecule has 12 N–H and O–H groups in total. The van der Waals surface area contributed by atoms with Gasteiger partial charge in [-0.25, -0.2) is 0 Å². The van der Waals surface area contributed by atoms with Crippen LogP contribution >= 0.6 is 0 Å². The highest BCUT2D eigenvalue weighted by Crippen LogP contribution is 2.33. The molecule has 0 aromatic carbocycles. The number of aliphatic hydroxyl groups is 11. The minimum Gasteiger partial charge on any atom is -0.394 e. The van der Waals surface area contributed by atoms with E-state index >= 15 is 0 Å². The Bertz CT molecular complexity index is 2000. The van der Waals surface area contributed by atoms with Crippen molar-refractivity contribution in [2.24, 2.45) is 0 Å². The number of aliphatic hydroxyl groups excluding tert-OH is 11. The maximum Gasteiger partial charge on any atom is 0.220 e. The van der Waals surface area contributed by atoms with Gasteiger partial charge in [0.1, 0.15) is 73.2 Å². The Morgan fingerprint density at radius 2 is 0.641 bits per heavy atom. The molecule has 0 radical (unpaired) electrons. The number of rotatable bonds is 69. The Kier molecular flexibility index (Phi) is 59.9. The van der Waals surface area contributed by atoms with Crippen LogP contribution in [0.3, 0.4) is 0 Å². The van der Waals surface area contributed by atoms with Gasteiger partial charge in [-0.2, -0.15) is 0 Å². The Balaban J connectivity index is 1.36. The van der Waals surface area contributed by atoms with Gasteiger partial charge in [-0.3, -0.25) is 4.79 Å². The molecule has 3 heterocycles. The number of carbonyl (C=O) groups is 1. The van der Waals surface area contributed by atoms with Crippen molar-refractivity contribution in [1.82, 2.24) is 5.32 Å². The predicted molar refractivity (Wildman–Crippen MR) is 411 cm³/mol. The molecule has 17 atom stereocenters. The molecular weight excluding hydrogens is 1310 g/mol. The Labute approximate surface area is 625 Å². The average molecular weight is 1470 g/mol. The van der Waals surface area contributed by atoms with E-state index in [4.69, 9.17) is 28.4 Å². The van der Waals surface area contributed by atoms with Crippen molar-refractivity contribution in [3.8, 4) is 0 Å². The molecule has 0 spiro atoms. The van der Waals surface area contributed by atoms with E-state index in [2.05, 4.69) is 43.5 Å². The van der Waals surface area contributed by atoms with Crippen molar-refractivity contribution in [2.45, 2.75) is 465 Å². The normalized spacial score (nSPS) is 26.2. The summed E-state index contributed by atoms with van der Waals surface area (Å²) in [5, 5.41) is 121. The number of hydrogen-bond donors (Lipinski definition) is 12. The van der Waals surface area contributed by atoms with Crippen LogP contribution in [0, 0.1) is 0 Å². The molecule has 17 unspecified atom stereocenters. The van der Waals surface area contributed by atoms with Gasteiger partial charge in [-0.05, 0) is 51.4 Å². The molecule has 3 aliphatic rings. The summed E-state index contributed by atoms with van der Waals surface area (Å²) in [5.41, 5.74) is 0. The fourth-order valence-electron chi connectivity index (χ4n) is 14.6. The van der Waals surface area contributed by atoms with Gasteiger partial charge in [-0.1, -0.05) is 339 Å². The van der Waals surface area contributed by atoms with E-state index in [1.165, 1.54) is 283 Å². The van der Waals surface area contributed by atoms with E-state index in [1.54, 1.807) is 6.08 Å². The third kappa shape index (κ3) is 44.5. The topological polar surface area (TPSA) is 307 Å². The Hall–Kier alpha value is -1.99. The van der Waals surface area contributed by atoms with E-state index in [-0.39, 0.29) is 18.9 Å². The van der Waals surface area contributed by atoms with Crippen LogP contribution in [0.1, 0.15) is 361 Å². The number of nitrogens with one attached hydrogen (secondary N) is 1. The lowest BCUT2D eigenvalue weighted by molar-refractivity contribution is -0.379. The first-order valence-electron chi connectivity index (χ1n) is 42.7. The molecule has 19 nitrogen and oxygen atoms in total. The van der Waals surface area contributed by atoms with Crippen LogP contribution in [0.15, 0.2) is 36.5 Å². The molecular formula is C84H157NO18. The summed E-state index contributed by atoms with van der Waals surface area (Å²) in [6, 6.07) is -0.974. The van der Waals surface area contributed by atoms with Crippen molar-refractivity contribution < 1.29 is 89.4 Å². The average Bonchev–Trinajstić information content (AvgIpc) is 0.781. The van der Waals surface area contributed by atoms with Gasteiger partial charge in [0.2, 0.25) is 5.91 Å². The van der Waals surface area contributed by atoms with Gasteiger partial charge in [0, 0.05) is 6.42 Å². The number of hydrogen-bond acceptors (Lipinski definition) is 18. The van der Waals surface area contributed by atoms with Gasteiger partial charge in [0.25, 0.3) is 0 Å². The number of allylic oxidation sites excluding steroid dienone is 5. The molecule has 3 saturated heterocycles. The van der Waals surface area contributed by atoms with Crippen LogP contribution in [-0.4, -0.2) is 193 Å². The first-order valence-corrected chi connectivity index (χ1v) is 42.7. The molecule has 0 bridgehead atoms. The largest absolute Gasteiger partial charge is 0.394 e. The lowest BCUT2D eigenvalue weighted by Crippen LogP contribution is -2.66. The van der Waals surface area contributed by atoms with Crippen LogP contribution in [0.5, 0.6) is 0 Å². The van der Waals surface area contributed by atoms with Crippen LogP contribution in [0.4, 0.5) is 0 Å². The van der Waals surface area contributed by atoms with E-state index in [0.717, 1.165) is 51.4 Å². The summed E-state index contributed by atoms with van der Waals surface area (Å²) in [5.74, 6) is -0.269. The van der Waals surface area contributed by atoms with Crippen molar-refractivity contribution in [3.63, 3.8) is 0 Å². The fraction of sp³-hybridized carbons (Fsp3) is 0.917. The highest BCUT2D eigenvalue weighted by Gasteiger charge is 2.54. The minimum absolute atomic E-state index is 0.246. The van der Waals surface area contributed by atoms with Gasteiger partial charge in [0.15, 0.2) is 18.9 Å². The molecule has 606 valence electrons. The number of amides is 1. The van der Waals surface area contributed by atoms with E-state index in [0.29, 0.717) is 6.42 Å². The summed E-state index contributed by atoms with van der Waals surface area (Å²) in [4.78, 5) is 13.5. The molecule has 0 saturated carbocycles. The first kappa shape index (κ1) is 95.2. The molecule has 3 fully saturated rings. The molecule has 19 heteroatoms. The van der Waals surface area contributed by atoms with Crippen LogP contribution < -0.4 is 5.32 Å². The highest BCUT2D eigenvalue weighted by atomic mass is 16.8. The third-order valence-electron chi connectivity index (χ3n) is 21.4. The van der Waals surface area contributed by atoms with E-state index in [9.17, 15) is 61.0 Å². The van der Waals surface area contributed by atoms with Gasteiger partial charge in [0.05, 0.1) is 38.6 Å². The number of ether oxygens (including phenoxy) is 6. The molecule has 3 aliphatic heterocycles. The summed E-state index contributed by atoms with van der Waals surface area (Å²) in [6.45, 7) is 1.79. The summed E-state index contributed by atoms with van der Waals surface area (Å²) >= 11 is 0. The summed E-state index contributed by atoms with van der Waals surface area (Å²) in [6.07, 6.45) is 54.2. The molecule has 1 amide bonds. The van der Waals surface area contributed by atoms with Gasteiger partial charge in [-0.15, -0.1) is 0 Å². The van der Waals surface area contributed by atoms with Gasteiger partial charge >= 0.3 is 0 Å². The monoisotopic (exact) mass is 1470 g/mol. The second kappa shape index (κ2) is 64.8. The lowest BCUT2D eigenvalue weighted by Gasteiger charge is -2.48. The quantitative estimate of drug-likeness (QED) is 0.0199. The van der Waals surface area contributed by atoms with Crippen molar-refractivity contribution in [3.05, 3.63) is 36.5 Å². The molecule has 0 aliphatic carbocycles. The Morgan fingerprint density at radius 3 is 0.990 bits per heavy atom. The molecule has 3 rings (SSSR count). The molecule has 0 aromatic rings. The maximum absolute atomic E-state index is 13.5. The smallest absolute Gasteiger partial charge is 0.220 e. The van der Waals surface area contributed by atoms with Crippen molar-refractivity contribution in [1.29, 1.82) is 0 Å². The zero-order chi connectivity index (χ0) is 74.6. The van der Waals surface area contributed by atoms with Crippen LogP contribution in [0.2, 0.25) is 0 Å². The fourth-order valence-corrected chi connectivity index (χ4v) is 14.6. The highest BCUT2D eigenvalue weighted by molar-refractivity contribution is 5.76. The molecule has 0 aromatic heterocycles. The first-order chi connectivity index (χ1) is 50.3. The standard InChI is InChI=1S/C84H157NO18/c1-3-5-7-9-11-13-15-17-19-21-23-25-27-29-31-33-35-37-39-41-43-45-47-49-51-53-55-57-59-61-68(89)67(85-72(90)62-60-58-56-54-52-50-48-46-44-42-40-38-36-34-32-30-28-26-24-22-20-18-16-14-12-10-8-6-4-2)66-98-82-78(96)75(93)80(70(64-87)100-82)103-84-79(97)76(94)81(71(65-88)101-84)102-83-77(95)74(92)73(91)69(63-86)99-83/h16,18,22,24,59,61,67-71,73-84,86-89,91-97H,3-15,17,19-21,23,25-58,60,62-66H2,1-2H3,(H,85,90)/b18-16-,24-22-,61-59+. The van der Waals surface area contributed by atoms with Crippen molar-refractivity contribution >= 4 is 5.91 Å². The van der Waals surface area contributed by atoms with Crippen LogP contribution in [-0.2, 0) is 33.2 Å². The van der Waals surface area contributed by atoms with E-state index < -0.39 is 124 Å². The minimum atomic E-state index is -1.98. The van der Waals surface area contributed by atoms with Crippen LogP contribution in [0.25, 0.3) is 0 Å². The summed E-state index contributed by atoms with van der Waals surface area (Å²) in [7, 11) is 0. The van der Waals surface area contributed by atoms with Crippen molar-refractivity contribution in [2.75, 3.05) is 26.4 Å². The van der Waals surface area contributed by atoms with E-state index in [1.807, 2.05) is 6.08 Å². The second-order valence-corrected chi connectivity index (χ2v) is 30.6. The second-order valence-electron chi connectivity index (χ2n) is 30.6. The molecule has 103 heavy (non-hydrogen) atoms. The Morgan fingerprint density at radius 1 is 0.350 bits per heavy atom. The number of unbranched alkanes of at least 4 members (excludes halogenated alkanes) is 49. The zero-order valence-electron chi connectivity index (χ0n) is 65.1. The predicted octanol–water partition coefficient (Wildman–Crippen LogP) is 15.1. The number of carbonyl (C=O) groups excluding carboxylic acids is 1. The summed E-state index contributed by atoms with van der Waals surface area (Å²) < 4.78 is 34.5. The zero-order valence-corrected chi connectivity index (χ0v) is 65.1. The third-order valence-corrected chi connectivity index (χ3v) is 21.4. The van der Waals surface area contributed by atoms with Gasteiger partial charge < -0.3 is 89.9 Å².